The summed E-state index contributed by atoms with van der Waals surface area (Å²) in [5.41, 5.74) is 2.72. The summed E-state index contributed by atoms with van der Waals surface area (Å²) in [5.74, 6) is 0.684. The molecule has 0 aromatic heterocycles. The van der Waals surface area contributed by atoms with Gasteiger partial charge in [-0.05, 0) is 41.8 Å². The second-order valence-corrected chi connectivity index (χ2v) is 7.08. The third kappa shape index (κ3) is 7.48. The van der Waals surface area contributed by atoms with Gasteiger partial charge in [0.05, 0.1) is 0 Å². The van der Waals surface area contributed by atoms with E-state index in [2.05, 4.69) is 15.6 Å². The summed E-state index contributed by atoms with van der Waals surface area (Å²) in [4.78, 5) is 17.8. The molecule has 0 spiro atoms. The fourth-order valence-electron chi connectivity index (χ4n) is 2.51. The maximum atomic E-state index is 12.1. The van der Waals surface area contributed by atoms with E-state index in [4.69, 9.17) is 23.2 Å². The zero-order chi connectivity index (χ0) is 19.8. The predicted molar refractivity (Wildman–Crippen MR) is 128 cm³/mol. The Morgan fingerprint density at radius 1 is 1.11 bits per heavy atom. The second kappa shape index (κ2) is 12.1. The molecular weight excluding hydrogens is 510 g/mol. The average molecular weight is 535 g/mol. The SMILES string of the molecule is CN=C(NCCc1cccc(C(=O)N(C)C)c1)NCc1ccc(Cl)cc1Cl.I. The van der Waals surface area contributed by atoms with Crippen LogP contribution in [0.15, 0.2) is 47.5 Å². The Bertz CT molecular complexity index is 828. The molecule has 0 bridgehead atoms. The van der Waals surface area contributed by atoms with E-state index in [1.54, 1.807) is 32.1 Å². The normalized spacial score (nSPS) is 10.8. The molecule has 1 amide bonds. The molecule has 0 saturated carbocycles. The van der Waals surface area contributed by atoms with E-state index >= 15 is 0 Å². The van der Waals surface area contributed by atoms with Gasteiger partial charge in [0.15, 0.2) is 5.96 Å². The molecule has 0 atom stereocenters. The standard InChI is InChI=1S/C20H24Cl2N4O.HI/c1-23-20(25-13-16-7-8-17(21)12-18(16)22)24-10-9-14-5-4-6-15(11-14)19(27)26(2)3;/h4-8,11-12H,9-10,13H2,1-3H3,(H2,23,24,25);1H. The molecule has 2 aromatic rings. The smallest absolute Gasteiger partial charge is 0.253 e. The number of hydrogen-bond acceptors (Lipinski definition) is 2. The van der Waals surface area contributed by atoms with E-state index in [-0.39, 0.29) is 29.9 Å². The number of nitrogens with one attached hydrogen (secondary N) is 2. The number of aliphatic imine (C=N–C) groups is 1. The van der Waals surface area contributed by atoms with Gasteiger partial charge in [-0.2, -0.15) is 0 Å². The molecule has 2 rings (SSSR count). The molecule has 8 heteroatoms. The van der Waals surface area contributed by atoms with Crippen molar-refractivity contribution in [3.05, 3.63) is 69.2 Å². The molecule has 0 saturated heterocycles. The van der Waals surface area contributed by atoms with Crippen LogP contribution in [-0.2, 0) is 13.0 Å². The van der Waals surface area contributed by atoms with Gasteiger partial charge >= 0.3 is 0 Å². The number of amides is 1. The van der Waals surface area contributed by atoms with Gasteiger partial charge in [0.2, 0.25) is 0 Å². The Morgan fingerprint density at radius 3 is 2.50 bits per heavy atom. The van der Waals surface area contributed by atoms with Crippen molar-refractivity contribution in [1.29, 1.82) is 0 Å². The number of nitrogens with zero attached hydrogens (tertiary/aromatic N) is 2. The Morgan fingerprint density at radius 2 is 1.86 bits per heavy atom. The van der Waals surface area contributed by atoms with E-state index in [1.165, 1.54) is 0 Å². The van der Waals surface area contributed by atoms with Crippen LogP contribution >= 0.6 is 47.2 Å². The minimum absolute atomic E-state index is 0. The summed E-state index contributed by atoms with van der Waals surface area (Å²) in [7, 11) is 5.22. The predicted octanol–water partition coefficient (Wildman–Crippen LogP) is 4.22. The van der Waals surface area contributed by atoms with E-state index < -0.39 is 0 Å². The van der Waals surface area contributed by atoms with Crippen molar-refractivity contribution in [2.75, 3.05) is 27.7 Å². The highest BCUT2D eigenvalue weighted by Gasteiger charge is 2.08. The van der Waals surface area contributed by atoms with Crippen LogP contribution in [0.5, 0.6) is 0 Å². The summed E-state index contributed by atoms with van der Waals surface area (Å²) in [6, 6.07) is 13.1. The van der Waals surface area contributed by atoms with Crippen molar-refractivity contribution >= 4 is 59.0 Å². The van der Waals surface area contributed by atoms with Crippen LogP contribution in [0.25, 0.3) is 0 Å². The summed E-state index contributed by atoms with van der Waals surface area (Å²) < 4.78 is 0. The topological polar surface area (TPSA) is 56.7 Å². The summed E-state index contributed by atoms with van der Waals surface area (Å²) >= 11 is 12.1. The van der Waals surface area contributed by atoms with Crippen LogP contribution < -0.4 is 10.6 Å². The van der Waals surface area contributed by atoms with Crippen LogP contribution in [-0.4, -0.2) is 44.5 Å². The third-order valence-corrected chi connectivity index (χ3v) is 4.56. The van der Waals surface area contributed by atoms with Crippen LogP contribution in [0.3, 0.4) is 0 Å². The quantitative estimate of drug-likeness (QED) is 0.331. The van der Waals surface area contributed by atoms with Gasteiger partial charge < -0.3 is 15.5 Å². The fraction of sp³-hybridized carbons (Fsp3) is 0.300. The molecule has 0 aliphatic carbocycles. The number of halogens is 3. The third-order valence-electron chi connectivity index (χ3n) is 3.97. The molecule has 2 aromatic carbocycles. The molecule has 0 aliphatic heterocycles. The largest absolute Gasteiger partial charge is 0.356 e. The van der Waals surface area contributed by atoms with E-state index in [0.717, 1.165) is 17.5 Å². The molecule has 0 aliphatic rings. The minimum Gasteiger partial charge on any atom is -0.356 e. The number of rotatable bonds is 6. The molecule has 0 heterocycles. The monoisotopic (exact) mass is 534 g/mol. The zero-order valence-electron chi connectivity index (χ0n) is 16.1. The van der Waals surface area contributed by atoms with E-state index in [9.17, 15) is 4.79 Å². The lowest BCUT2D eigenvalue weighted by molar-refractivity contribution is 0.0827. The number of hydrogen-bond donors (Lipinski definition) is 2. The first-order valence-corrected chi connectivity index (χ1v) is 9.35. The van der Waals surface area contributed by atoms with E-state index in [1.807, 2.05) is 36.4 Å². The summed E-state index contributed by atoms with van der Waals surface area (Å²) in [6.45, 7) is 1.23. The first kappa shape index (κ1) is 24.5. The van der Waals surface area contributed by atoms with Gasteiger partial charge in [-0.1, -0.05) is 41.4 Å². The summed E-state index contributed by atoms with van der Waals surface area (Å²) in [6.07, 6.45) is 0.775. The Hall–Kier alpha value is -1.51. The first-order valence-electron chi connectivity index (χ1n) is 8.59. The highest BCUT2D eigenvalue weighted by Crippen LogP contribution is 2.20. The molecule has 0 fully saturated rings. The van der Waals surface area contributed by atoms with Crippen LogP contribution in [0, 0.1) is 0 Å². The first-order chi connectivity index (χ1) is 12.9. The molecule has 152 valence electrons. The maximum absolute atomic E-state index is 12.1. The van der Waals surface area contributed by atoms with E-state index in [0.29, 0.717) is 34.7 Å². The van der Waals surface area contributed by atoms with Crippen LogP contribution in [0.1, 0.15) is 21.5 Å². The van der Waals surface area contributed by atoms with Gasteiger partial charge in [0.1, 0.15) is 0 Å². The van der Waals surface area contributed by atoms with Crippen molar-refractivity contribution in [3.63, 3.8) is 0 Å². The molecule has 5 nitrogen and oxygen atoms in total. The molecular formula is C20H25Cl2IN4O. The van der Waals surface area contributed by atoms with Gasteiger partial charge in [-0.25, -0.2) is 0 Å². The minimum atomic E-state index is 0. The Kier molecular flexibility index (Phi) is 10.6. The fourth-order valence-corrected chi connectivity index (χ4v) is 2.98. The highest BCUT2D eigenvalue weighted by molar-refractivity contribution is 14.0. The molecule has 2 N–H and O–H groups in total. The number of carbonyl (C=O) groups excluding carboxylic acids is 1. The zero-order valence-corrected chi connectivity index (χ0v) is 20.0. The average Bonchev–Trinajstić information content (AvgIpc) is 2.65. The van der Waals surface area contributed by atoms with Crippen molar-refractivity contribution < 1.29 is 4.79 Å². The second-order valence-electron chi connectivity index (χ2n) is 6.24. The maximum Gasteiger partial charge on any atom is 0.253 e. The number of guanidine groups is 1. The van der Waals surface area contributed by atoms with Crippen molar-refractivity contribution in [2.45, 2.75) is 13.0 Å². The lowest BCUT2D eigenvalue weighted by atomic mass is 10.1. The summed E-state index contributed by atoms with van der Waals surface area (Å²) in [5, 5.41) is 7.72. The Balaban J connectivity index is 0.00000392. The van der Waals surface area contributed by atoms with Crippen molar-refractivity contribution in [1.82, 2.24) is 15.5 Å². The molecule has 0 radical (unpaired) electrons. The molecule has 0 unspecified atom stereocenters. The van der Waals surface area contributed by atoms with Crippen LogP contribution in [0.2, 0.25) is 10.0 Å². The number of benzene rings is 2. The van der Waals surface area contributed by atoms with Crippen LogP contribution in [0.4, 0.5) is 0 Å². The van der Waals surface area contributed by atoms with Gasteiger partial charge in [0, 0.05) is 49.8 Å². The highest BCUT2D eigenvalue weighted by atomic mass is 127. The lowest BCUT2D eigenvalue weighted by Gasteiger charge is -2.14. The Labute approximate surface area is 193 Å². The van der Waals surface area contributed by atoms with Gasteiger partial charge in [-0.3, -0.25) is 9.79 Å². The van der Waals surface area contributed by atoms with Crippen molar-refractivity contribution in [2.24, 2.45) is 4.99 Å². The molecule has 28 heavy (non-hydrogen) atoms. The van der Waals surface area contributed by atoms with Gasteiger partial charge in [-0.15, -0.1) is 24.0 Å². The van der Waals surface area contributed by atoms with Gasteiger partial charge in [0.25, 0.3) is 5.91 Å². The lowest BCUT2D eigenvalue weighted by Crippen LogP contribution is -2.37. The van der Waals surface area contributed by atoms with Crippen molar-refractivity contribution in [3.8, 4) is 0 Å². The number of carbonyl (C=O) groups is 1.